The summed E-state index contributed by atoms with van der Waals surface area (Å²) in [5.41, 5.74) is 3.19. The van der Waals surface area contributed by atoms with Gasteiger partial charge >= 0.3 is 0 Å². The molecule has 0 aliphatic rings. The van der Waals surface area contributed by atoms with Gasteiger partial charge in [-0.3, -0.25) is 0 Å². The highest BCUT2D eigenvalue weighted by Crippen LogP contribution is 2.29. The van der Waals surface area contributed by atoms with E-state index < -0.39 is 0 Å². The zero-order valence-electron chi connectivity index (χ0n) is 14.4. The van der Waals surface area contributed by atoms with Gasteiger partial charge in [0.05, 0.1) is 21.4 Å². The van der Waals surface area contributed by atoms with Gasteiger partial charge in [-0.05, 0) is 38.1 Å². The molecule has 5 nitrogen and oxygen atoms in total. The number of hydrogen-bond donors (Lipinski definition) is 0. The molecule has 9 heteroatoms. The van der Waals surface area contributed by atoms with Crippen LogP contribution in [0.4, 0.5) is 0 Å². The molecule has 3 aromatic rings. The van der Waals surface area contributed by atoms with Gasteiger partial charge in [-0.2, -0.15) is 0 Å². The van der Waals surface area contributed by atoms with Crippen LogP contribution in [0.25, 0.3) is 5.69 Å². The number of halogens is 4. The van der Waals surface area contributed by atoms with Gasteiger partial charge in [0.25, 0.3) is 0 Å². The summed E-state index contributed by atoms with van der Waals surface area (Å²) in [6, 6.07) is 10.6. The maximum Gasteiger partial charge on any atom is 0.145 e. The zero-order valence-corrected chi connectivity index (χ0v) is 17.4. The van der Waals surface area contributed by atoms with Crippen LogP contribution in [-0.2, 0) is 11.4 Å². The van der Waals surface area contributed by atoms with Crippen LogP contribution in [-0.4, -0.2) is 20.7 Å². The Kier molecular flexibility index (Phi) is 6.27. The molecule has 2 aromatic carbocycles. The number of nitrogens with zero attached hydrogens (tertiary/aromatic N) is 4. The summed E-state index contributed by atoms with van der Waals surface area (Å²) in [7, 11) is 0. The van der Waals surface area contributed by atoms with Crippen molar-refractivity contribution >= 4 is 52.1 Å². The minimum Gasteiger partial charge on any atom is -0.391 e. The second-order valence-corrected chi connectivity index (χ2v) is 7.26. The van der Waals surface area contributed by atoms with Crippen molar-refractivity contribution in [3.05, 3.63) is 73.4 Å². The molecular formula is C18H14Cl4N4O. The van der Waals surface area contributed by atoms with E-state index in [0.717, 1.165) is 5.69 Å². The molecule has 27 heavy (non-hydrogen) atoms. The first kappa shape index (κ1) is 20.0. The molecule has 0 aliphatic carbocycles. The second kappa shape index (κ2) is 8.48. The number of oxime groups is 1. The van der Waals surface area contributed by atoms with Crippen molar-refractivity contribution in [3.8, 4) is 5.69 Å². The lowest BCUT2D eigenvalue weighted by atomic mass is 10.2. The normalized spacial score (nSPS) is 11.7. The van der Waals surface area contributed by atoms with E-state index in [4.69, 9.17) is 51.2 Å². The number of hydrogen-bond acceptors (Lipinski definition) is 4. The van der Waals surface area contributed by atoms with E-state index in [2.05, 4.69) is 15.5 Å². The Balaban J connectivity index is 1.82. The van der Waals surface area contributed by atoms with E-state index in [9.17, 15) is 0 Å². The summed E-state index contributed by atoms with van der Waals surface area (Å²) in [6.45, 7) is 3.77. The summed E-state index contributed by atoms with van der Waals surface area (Å²) in [5.74, 6) is 0. The maximum absolute atomic E-state index is 6.27. The number of aromatic nitrogens is 3. The van der Waals surface area contributed by atoms with Gasteiger partial charge < -0.3 is 4.84 Å². The highest BCUT2D eigenvalue weighted by Gasteiger charge is 2.16. The summed E-state index contributed by atoms with van der Waals surface area (Å²) >= 11 is 24.6. The molecule has 0 aliphatic heterocycles. The quantitative estimate of drug-likeness (QED) is 0.352. The van der Waals surface area contributed by atoms with Gasteiger partial charge in [0.15, 0.2) is 0 Å². The SMILES string of the molecule is C/C(=N\OCc1c(Cl)cccc1Cl)c1nnn(-c2cccc(Cl)c2Cl)c1C. The van der Waals surface area contributed by atoms with Crippen LogP contribution < -0.4 is 0 Å². The Bertz CT molecular complexity index is 996. The lowest BCUT2D eigenvalue weighted by molar-refractivity contribution is 0.130. The molecule has 0 saturated heterocycles. The zero-order chi connectivity index (χ0) is 19.6. The van der Waals surface area contributed by atoms with Crippen molar-refractivity contribution in [2.24, 2.45) is 5.16 Å². The van der Waals surface area contributed by atoms with Crippen molar-refractivity contribution in [1.29, 1.82) is 0 Å². The smallest absolute Gasteiger partial charge is 0.145 e. The molecule has 0 N–H and O–H groups in total. The molecule has 0 fully saturated rings. The van der Waals surface area contributed by atoms with Crippen LogP contribution in [0, 0.1) is 6.92 Å². The topological polar surface area (TPSA) is 52.3 Å². The maximum atomic E-state index is 6.27. The van der Waals surface area contributed by atoms with Gasteiger partial charge in [0, 0.05) is 15.6 Å². The first-order valence-electron chi connectivity index (χ1n) is 7.86. The first-order chi connectivity index (χ1) is 12.9. The predicted molar refractivity (Wildman–Crippen MR) is 110 cm³/mol. The molecule has 0 bridgehead atoms. The van der Waals surface area contributed by atoms with Crippen molar-refractivity contribution < 1.29 is 4.84 Å². The largest absolute Gasteiger partial charge is 0.391 e. The van der Waals surface area contributed by atoms with Crippen LogP contribution in [0.15, 0.2) is 41.6 Å². The van der Waals surface area contributed by atoms with Crippen molar-refractivity contribution in [1.82, 2.24) is 15.0 Å². The van der Waals surface area contributed by atoms with Gasteiger partial charge in [0.2, 0.25) is 0 Å². The molecule has 1 aromatic heterocycles. The first-order valence-corrected chi connectivity index (χ1v) is 9.38. The summed E-state index contributed by atoms with van der Waals surface area (Å²) in [5, 5.41) is 14.3. The summed E-state index contributed by atoms with van der Waals surface area (Å²) in [4.78, 5) is 5.41. The molecule has 0 radical (unpaired) electrons. The molecule has 0 unspecified atom stereocenters. The van der Waals surface area contributed by atoms with E-state index in [1.807, 2.05) is 13.0 Å². The third-order valence-corrected chi connectivity index (χ3v) is 5.39. The Morgan fingerprint density at radius 1 is 1.04 bits per heavy atom. The Morgan fingerprint density at radius 3 is 2.37 bits per heavy atom. The van der Waals surface area contributed by atoms with Crippen LogP contribution in [0.2, 0.25) is 20.1 Å². The molecule has 0 spiro atoms. The average molecular weight is 444 g/mol. The van der Waals surface area contributed by atoms with Crippen LogP contribution in [0.1, 0.15) is 23.9 Å². The molecule has 3 rings (SSSR count). The van der Waals surface area contributed by atoms with Crippen LogP contribution >= 0.6 is 46.4 Å². The van der Waals surface area contributed by atoms with Gasteiger partial charge in [-0.25, -0.2) is 4.68 Å². The molecule has 0 atom stereocenters. The molecule has 0 saturated carbocycles. The highest BCUT2D eigenvalue weighted by molar-refractivity contribution is 6.43. The fraction of sp³-hybridized carbons (Fsp3) is 0.167. The summed E-state index contributed by atoms with van der Waals surface area (Å²) in [6.07, 6.45) is 0. The van der Waals surface area contributed by atoms with E-state index in [1.165, 1.54) is 0 Å². The molecule has 0 amide bonds. The Hall–Kier alpha value is -1.79. The molecular weight excluding hydrogens is 430 g/mol. The predicted octanol–water partition coefficient (Wildman–Crippen LogP) is 6.13. The van der Waals surface area contributed by atoms with E-state index in [0.29, 0.717) is 42.7 Å². The van der Waals surface area contributed by atoms with E-state index in [-0.39, 0.29) is 6.61 Å². The van der Waals surface area contributed by atoms with E-state index >= 15 is 0 Å². The fourth-order valence-corrected chi connectivity index (χ4v) is 3.34. The van der Waals surface area contributed by atoms with Gasteiger partial charge in [-0.1, -0.05) is 68.9 Å². The standard InChI is InChI=1S/C18H14Cl4N4O/c1-10(24-27-9-12-13(19)5-3-6-14(12)20)18-11(2)26(25-23-18)16-8-4-7-15(21)17(16)22/h3-8H,9H2,1-2H3/b24-10+. The third-order valence-electron chi connectivity index (χ3n) is 3.87. The number of rotatable bonds is 5. The fourth-order valence-electron chi connectivity index (χ4n) is 2.46. The summed E-state index contributed by atoms with van der Waals surface area (Å²) < 4.78 is 1.60. The van der Waals surface area contributed by atoms with Crippen LogP contribution in [0.3, 0.4) is 0 Å². The van der Waals surface area contributed by atoms with Crippen LogP contribution in [0.5, 0.6) is 0 Å². The second-order valence-electron chi connectivity index (χ2n) is 5.66. The minimum absolute atomic E-state index is 0.142. The molecule has 1 heterocycles. The highest BCUT2D eigenvalue weighted by atomic mass is 35.5. The van der Waals surface area contributed by atoms with Crippen molar-refractivity contribution in [3.63, 3.8) is 0 Å². The van der Waals surface area contributed by atoms with Crippen molar-refractivity contribution in [2.45, 2.75) is 20.5 Å². The Morgan fingerprint density at radius 2 is 1.67 bits per heavy atom. The number of benzene rings is 2. The van der Waals surface area contributed by atoms with Gasteiger partial charge in [-0.15, -0.1) is 5.10 Å². The lowest BCUT2D eigenvalue weighted by Crippen LogP contribution is -2.03. The lowest BCUT2D eigenvalue weighted by Gasteiger charge is -2.07. The third kappa shape index (κ3) is 4.22. The Labute approximate surface area is 176 Å². The van der Waals surface area contributed by atoms with Gasteiger partial charge in [0.1, 0.15) is 18.0 Å². The van der Waals surface area contributed by atoms with Crippen molar-refractivity contribution in [2.75, 3.05) is 0 Å². The van der Waals surface area contributed by atoms with E-state index in [1.54, 1.807) is 41.9 Å². The molecule has 140 valence electrons. The monoisotopic (exact) mass is 442 g/mol. The minimum atomic E-state index is 0.142. The average Bonchev–Trinajstić information content (AvgIpc) is 3.01.